The SMILES string of the molecule is O=C(Nc1cccc([N+](=O)[O-])c1)N1CCC[C@@H]1c1cccnc1. The number of nitrogens with one attached hydrogen (secondary N) is 1. The predicted octanol–water partition coefficient (Wildman–Crippen LogP) is 3.36. The molecule has 1 aromatic carbocycles. The normalized spacial score (nSPS) is 17.0. The van der Waals surface area contributed by atoms with Gasteiger partial charge in [-0.2, -0.15) is 0 Å². The average Bonchev–Trinajstić information content (AvgIpc) is 3.05. The Labute approximate surface area is 133 Å². The monoisotopic (exact) mass is 312 g/mol. The van der Waals surface area contributed by atoms with Crippen molar-refractivity contribution in [2.24, 2.45) is 0 Å². The lowest BCUT2D eigenvalue weighted by atomic mass is 10.1. The average molecular weight is 312 g/mol. The summed E-state index contributed by atoms with van der Waals surface area (Å²) in [6.45, 7) is 0.653. The first-order valence-electron chi connectivity index (χ1n) is 7.37. The van der Waals surface area contributed by atoms with E-state index in [1.54, 1.807) is 29.4 Å². The van der Waals surface area contributed by atoms with E-state index >= 15 is 0 Å². The van der Waals surface area contributed by atoms with Gasteiger partial charge < -0.3 is 10.2 Å². The Morgan fingerprint density at radius 1 is 1.35 bits per heavy atom. The summed E-state index contributed by atoms with van der Waals surface area (Å²) < 4.78 is 0. The number of aromatic nitrogens is 1. The quantitative estimate of drug-likeness (QED) is 0.695. The summed E-state index contributed by atoms with van der Waals surface area (Å²) >= 11 is 0. The van der Waals surface area contributed by atoms with Gasteiger partial charge in [0, 0.05) is 36.8 Å². The number of nitro groups is 1. The maximum absolute atomic E-state index is 12.5. The minimum atomic E-state index is -0.482. The molecule has 2 aromatic rings. The number of hydrogen-bond acceptors (Lipinski definition) is 4. The van der Waals surface area contributed by atoms with Gasteiger partial charge in [0.25, 0.3) is 5.69 Å². The van der Waals surface area contributed by atoms with Gasteiger partial charge in [-0.15, -0.1) is 0 Å². The highest BCUT2D eigenvalue weighted by molar-refractivity contribution is 5.90. The Morgan fingerprint density at radius 2 is 2.22 bits per heavy atom. The Kier molecular flexibility index (Phi) is 4.18. The first-order valence-corrected chi connectivity index (χ1v) is 7.37. The predicted molar refractivity (Wildman–Crippen MR) is 85.0 cm³/mol. The molecule has 0 spiro atoms. The molecule has 1 aromatic heterocycles. The molecule has 7 nitrogen and oxygen atoms in total. The molecule has 1 atom stereocenters. The molecular formula is C16H16N4O3. The number of hydrogen-bond donors (Lipinski definition) is 1. The highest BCUT2D eigenvalue weighted by atomic mass is 16.6. The smallest absolute Gasteiger partial charge is 0.317 e. The number of pyridine rings is 1. The number of carbonyl (C=O) groups is 1. The molecule has 2 amide bonds. The number of carbonyl (C=O) groups excluding carboxylic acids is 1. The maximum Gasteiger partial charge on any atom is 0.322 e. The van der Waals surface area contributed by atoms with E-state index in [-0.39, 0.29) is 17.8 Å². The van der Waals surface area contributed by atoms with Crippen LogP contribution in [0.2, 0.25) is 0 Å². The van der Waals surface area contributed by atoms with Gasteiger partial charge in [-0.25, -0.2) is 4.79 Å². The van der Waals surface area contributed by atoms with Crippen molar-refractivity contribution in [1.82, 2.24) is 9.88 Å². The fourth-order valence-corrected chi connectivity index (χ4v) is 2.82. The fraction of sp³-hybridized carbons (Fsp3) is 0.250. The van der Waals surface area contributed by atoms with Gasteiger partial charge in [0.2, 0.25) is 0 Å². The van der Waals surface area contributed by atoms with E-state index in [2.05, 4.69) is 10.3 Å². The molecule has 7 heteroatoms. The van der Waals surface area contributed by atoms with Crippen molar-refractivity contribution in [2.75, 3.05) is 11.9 Å². The molecule has 2 heterocycles. The van der Waals surface area contributed by atoms with Gasteiger partial charge in [0.05, 0.1) is 11.0 Å². The number of likely N-dealkylation sites (tertiary alicyclic amines) is 1. The van der Waals surface area contributed by atoms with Crippen molar-refractivity contribution in [2.45, 2.75) is 18.9 Å². The van der Waals surface area contributed by atoms with Crippen LogP contribution in [0.15, 0.2) is 48.8 Å². The van der Waals surface area contributed by atoms with Gasteiger partial charge in [0.1, 0.15) is 0 Å². The third-order valence-electron chi connectivity index (χ3n) is 3.89. The third-order valence-corrected chi connectivity index (χ3v) is 3.89. The molecule has 1 saturated heterocycles. The molecule has 1 fully saturated rings. The molecule has 0 aliphatic carbocycles. The molecule has 1 aliphatic heterocycles. The number of anilines is 1. The highest BCUT2D eigenvalue weighted by Crippen LogP contribution is 2.32. The van der Waals surface area contributed by atoms with Crippen LogP contribution in [0.25, 0.3) is 0 Å². The maximum atomic E-state index is 12.5. The number of urea groups is 1. The van der Waals surface area contributed by atoms with Gasteiger partial charge in [-0.3, -0.25) is 15.1 Å². The van der Waals surface area contributed by atoms with Gasteiger partial charge in [-0.05, 0) is 30.5 Å². The Balaban J connectivity index is 1.75. The molecule has 23 heavy (non-hydrogen) atoms. The second-order valence-corrected chi connectivity index (χ2v) is 5.38. The summed E-state index contributed by atoms with van der Waals surface area (Å²) in [4.78, 5) is 28.7. The number of rotatable bonds is 3. The lowest BCUT2D eigenvalue weighted by Crippen LogP contribution is -2.34. The number of nitrogens with zero attached hydrogens (tertiary/aromatic N) is 3. The topological polar surface area (TPSA) is 88.4 Å². The first kappa shape index (κ1) is 15.0. The zero-order chi connectivity index (χ0) is 16.2. The number of nitro benzene ring substituents is 1. The Morgan fingerprint density at radius 3 is 2.96 bits per heavy atom. The zero-order valence-corrected chi connectivity index (χ0v) is 12.4. The first-order chi connectivity index (χ1) is 11.1. The van der Waals surface area contributed by atoms with E-state index in [0.29, 0.717) is 12.2 Å². The number of benzene rings is 1. The van der Waals surface area contributed by atoms with E-state index in [0.717, 1.165) is 18.4 Å². The summed E-state index contributed by atoms with van der Waals surface area (Å²) in [6, 6.07) is 9.48. The zero-order valence-electron chi connectivity index (χ0n) is 12.4. The van der Waals surface area contributed by atoms with Gasteiger partial charge in [-0.1, -0.05) is 12.1 Å². The van der Waals surface area contributed by atoms with Gasteiger partial charge in [0.15, 0.2) is 0 Å². The Bertz CT molecular complexity index is 720. The molecule has 0 unspecified atom stereocenters. The fourth-order valence-electron chi connectivity index (χ4n) is 2.82. The molecule has 1 aliphatic rings. The summed E-state index contributed by atoms with van der Waals surface area (Å²) in [5, 5.41) is 13.5. The largest absolute Gasteiger partial charge is 0.322 e. The molecule has 0 saturated carbocycles. The summed E-state index contributed by atoms with van der Waals surface area (Å²) in [7, 11) is 0. The van der Waals surface area contributed by atoms with Crippen LogP contribution in [-0.2, 0) is 0 Å². The van der Waals surface area contributed by atoms with E-state index < -0.39 is 4.92 Å². The lowest BCUT2D eigenvalue weighted by Gasteiger charge is -2.25. The van der Waals surface area contributed by atoms with Crippen molar-refractivity contribution in [3.63, 3.8) is 0 Å². The molecular weight excluding hydrogens is 296 g/mol. The van der Waals surface area contributed by atoms with E-state index in [4.69, 9.17) is 0 Å². The van der Waals surface area contributed by atoms with Gasteiger partial charge >= 0.3 is 6.03 Å². The van der Waals surface area contributed by atoms with E-state index in [1.165, 1.54) is 12.1 Å². The van der Waals surface area contributed by atoms with Crippen molar-refractivity contribution >= 4 is 17.4 Å². The third kappa shape index (κ3) is 3.28. The van der Waals surface area contributed by atoms with Crippen LogP contribution >= 0.6 is 0 Å². The second kappa shape index (κ2) is 6.43. The summed E-state index contributed by atoms with van der Waals surface area (Å²) in [5.74, 6) is 0. The van der Waals surface area contributed by atoms with Crippen LogP contribution in [-0.4, -0.2) is 27.4 Å². The van der Waals surface area contributed by atoms with Crippen LogP contribution in [0, 0.1) is 10.1 Å². The molecule has 118 valence electrons. The van der Waals surface area contributed by atoms with Crippen LogP contribution in [0.1, 0.15) is 24.4 Å². The molecule has 1 N–H and O–H groups in total. The second-order valence-electron chi connectivity index (χ2n) is 5.38. The van der Waals surface area contributed by atoms with Crippen molar-refractivity contribution in [3.8, 4) is 0 Å². The molecule has 0 radical (unpaired) electrons. The standard InChI is InChI=1S/C16H16N4O3/c21-16(18-13-5-1-6-14(10-13)20(22)23)19-9-3-7-15(19)12-4-2-8-17-11-12/h1-2,4-6,8,10-11,15H,3,7,9H2,(H,18,21)/t15-/m1/s1. The van der Waals surface area contributed by atoms with Crippen LogP contribution in [0.3, 0.4) is 0 Å². The number of non-ortho nitro benzene ring substituents is 1. The van der Waals surface area contributed by atoms with Crippen molar-refractivity contribution < 1.29 is 9.72 Å². The van der Waals surface area contributed by atoms with E-state index in [9.17, 15) is 14.9 Å². The lowest BCUT2D eigenvalue weighted by molar-refractivity contribution is -0.384. The van der Waals surface area contributed by atoms with Crippen LogP contribution in [0.5, 0.6) is 0 Å². The highest BCUT2D eigenvalue weighted by Gasteiger charge is 2.30. The van der Waals surface area contributed by atoms with Crippen molar-refractivity contribution in [3.05, 3.63) is 64.5 Å². The van der Waals surface area contributed by atoms with E-state index in [1.807, 2.05) is 12.1 Å². The van der Waals surface area contributed by atoms with Crippen LogP contribution < -0.4 is 5.32 Å². The minimum absolute atomic E-state index is 0.0117. The minimum Gasteiger partial charge on any atom is -0.317 e. The Hall–Kier alpha value is -2.96. The van der Waals surface area contributed by atoms with Crippen molar-refractivity contribution in [1.29, 1.82) is 0 Å². The molecule has 3 rings (SSSR count). The van der Waals surface area contributed by atoms with Crippen LogP contribution in [0.4, 0.5) is 16.2 Å². The molecule has 0 bridgehead atoms. The summed E-state index contributed by atoms with van der Waals surface area (Å²) in [6.07, 6.45) is 5.27. The summed E-state index contributed by atoms with van der Waals surface area (Å²) in [5.41, 5.74) is 1.37. The number of amides is 2.